The molecule has 0 aliphatic heterocycles. The van der Waals surface area contributed by atoms with E-state index in [4.69, 9.17) is 10.8 Å². The number of primary amides is 1. The molecule has 0 saturated heterocycles. The number of nitrogens with zero attached hydrogens (tertiary/aromatic N) is 2. The first-order chi connectivity index (χ1) is 7.61. The Labute approximate surface area is 90.3 Å². The van der Waals surface area contributed by atoms with Crippen LogP contribution in [0.2, 0.25) is 0 Å². The highest BCUT2D eigenvalue weighted by Crippen LogP contribution is 2.17. The van der Waals surface area contributed by atoms with E-state index in [1.165, 1.54) is 10.9 Å². The number of aromatic nitrogens is 2. The molecule has 82 valence electrons. The van der Waals surface area contributed by atoms with Gasteiger partial charge < -0.3 is 15.4 Å². The predicted molar refractivity (Wildman–Crippen MR) is 55.6 cm³/mol. The van der Waals surface area contributed by atoms with Crippen LogP contribution >= 0.6 is 0 Å². The Morgan fingerprint density at radius 3 is 2.69 bits per heavy atom. The third-order valence-electron chi connectivity index (χ3n) is 2.26. The van der Waals surface area contributed by atoms with Crippen LogP contribution in [0.25, 0.3) is 11.0 Å². The molecule has 16 heavy (non-hydrogen) atoms. The summed E-state index contributed by atoms with van der Waals surface area (Å²) in [5.74, 6) is -2.22. The Kier molecular flexibility index (Phi) is 2.32. The second kappa shape index (κ2) is 3.65. The second-order valence-corrected chi connectivity index (χ2v) is 3.28. The van der Waals surface area contributed by atoms with Gasteiger partial charge >= 0.3 is 5.97 Å². The summed E-state index contributed by atoms with van der Waals surface area (Å²) in [6, 6.07) is 5.50. The number of aliphatic carboxylic acids is 1. The van der Waals surface area contributed by atoms with Gasteiger partial charge in [-0.05, 0) is 12.1 Å². The van der Waals surface area contributed by atoms with E-state index in [0.717, 1.165) is 0 Å². The van der Waals surface area contributed by atoms with Gasteiger partial charge in [0.15, 0.2) is 0 Å². The first kappa shape index (κ1) is 10.2. The van der Waals surface area contributed by atoms with Crippen molar-refractivity contribution in [2.75, 3.05) is 0 Å². The molecule has 0 aliphatic carbocycles. The van der Waals surface area contributed by atoms with Gasteiger partial charge in [0.25, 0.3) is 5.91 Å². The average molecular weight is 219 g/mol. The summed E-state index contributed by atoms with van der Waals surface area (Å²) in [5.41, 5.74) is 6.24. The summed E-state index contributed by atoms with van der Waals surface area (Å²) in [6.07, 6.45) is 1.30. The van der Waals surface area contributed by atoms with Gasteiger partial charge in [0, 0.05) is 0 Å². The minimum atomic E-state index is -1.42. The van der Waals surface area contributed by atoms with E-state index < -0.39 is 17.9 Å². The number of hydrogen-bond donors (Lipinski definition) is 2. The van der Waals surface area contributed by atoms with Crippen molar-refractivity contribution in [3.63, 3.8) is 0 Å². The fraction of sp³-hybridized carbons (Fsp3) is 0.100. The molecule has 0 radical (unpaired) electrons. The molecule has 1 aromatic heterocycles. The topological polar surface area (TPSA) is 98.2 Å². The molecule has 0 bridgehead atoms. The fourth-order valence-electron chi connectivity index (χ4n) is 1.56. The monoisotopic (exact) mass is 219 g/mol. The van der Waals surface area contributed by atoms with Gasteiger partial charge in [0.05, 0.1) is 17.4 Å². The highest BCUT2D eigenvalue weighted by molar-refractivity contribution is 5.99. The Morgan fingerprint density at radius 2 is 2.06 bits per heavy atom. The number of para-hydroxylation sites is 2. The van der Waals surface area contributed by atoms with Crippen molar-refractivity contribution in [2.24, 2.45) is 5.73 Å². The Balaban J connectivity index is 2.61. The zero-order valence-electron chi connectivity index (χ0n) is 8.20. The lowest BCUT2D eigenvalue weighted by atomic mass is 10.2. The van der Waals surface area contributed by atoms with Crippen molar-refractivity contribution in [3.8, 4) is 0 Å². The SMILES string of the molecule is NC(=O)C(C(=O)O)n1cnc2ccccc21. The number of fused-ring (bicyclic) bond motifs is 1. The van der Waals surface area contributed by atoms with Gasteiger partial charge in [-0.25, -0.2) is 9.78 Å². The molecule has 3 N–H and O–H groups in total. The van der Waals surface area contributed by atoms with Gasteiger partial charge in [-0.15, -0.1) is 0 Å². The van der Waals surface area contributed by atoms with Crippen LogP contribution in [0, 0.1) is 0 Å². The van der Waals surface area contributed by atoms with E-state index in [9.17, 15) is 9.59 Å². The lowest BCUT2D eigenvalue weighted by molar-refractivity contribution is -0.144. The molecule has 2 rings (SSSR count). The van der Waals surface area contributed by atoms with Crippen molar-refractivity contribution in [3.05, 3.63) is 30.6 Å². The molecule has 1 heterocycles. The van der Waals surface area contributed by atoms with E-state index in [1.54, 1.807) is 24.3 Å². The number of hydrogen-bond acceptors (Lipinski definition) is 3. The summed E-state index contributed by atoms with van der Waals surface area (Å²) in [4.78, 5) is 26.0. The number of imidazole rings is 1. The van der Waals surface area contributed by atoms with E-state index in [0.29, 0.717) is 11.0 Å². The van der Waals surface area contributed by atoms with Gasteiger partial charge in [-0.3, -0.25) is 4.79 Å². The van der Waals surface area contributed by atoms with E-state index >= 15 is 0 Å². The maximum Gasteiger partial charge on any atom is 0.336 e. The van der Waals surface area contributed by atoms with Gasteiger partial charge in [-0.1, -0.05) is 12.1 Å². The number of benzene rings is 1. The number of carbonyl (C=O) groups is 2. The summed E-state index contributed by atoms with van der Waals surface area (Å²) < 4.78 is 1.25. The normalized spacial score (nSPS) is 12.5. The Bertz CT molecular complexity index is 547. The highest BCUT2D eigenvalue weighted by atomic mass is 16.4. The van der Waals surface area contributed by atoms with E-state index in [2.05, 4.69) is 4.98 Å². The molecule has 1 unspecified atom stereocenters. The second-order valence-electron chi connectivity index (χ2n) is 3.28. The van der Waals surface area contributed by atoms with Crippen LogP contribution < -0.4 is 5.73 Å². The van der Waals surface area contributed by atoms with Crippen LogP contribution in [0.1, 0.15) is 6.04 Å². The molecule has 1 atom stereocenters. The fourth-order valence-corrected chi connectivity index (χ4v) is 1.56. The summed E-state index contributed by atoms with van der Waals surface area (Å²) in [7, 11) is 0. The lowest BCUT2D eigenvalue weighted by Crippen LogP contribution is -2.32. The van der Waals surface area contributed by atoms with Gasteiger partial charge in [0.1, 0.15) is 0 Å². The number of amides is 1. The maximum atomic E-state index is 11.1. The van der Waals surface area contributed by atoms with Crippen LogP contribution in [-0.4, -0.2) is 26.5 Å². The van der Waals surface area contributed by atoms with Crippen LogP contribution in [0.15, 0.2) is 30.6 Å². The van der Waals surface area contributed by atoms with E-state index in [-0.39, 0.29) is 0 Å². The quantitative estimate of drug-likeness (QED) is 0.717. The molecule has 0 aliphatic rings. The lowest BCUT2D eigenvalue weighted by Gasteiger charge is -2.10. The van der Waals surface area contributed by atoms with Crippen molar-refractivity contribution in [1.82, 2.24) is 9.55 Å². The van der Waals surface area contributed by atoms with Crippen LogP contribution in [0.4, 0.5) is 0 Å². The maximum absolute atomic E-state index is 11.1. The van der Waals surface area contributed by atoms with Crippen LogP contribution in [0.3, 0.4) is 0 Å². The third kappa shape index (κ3) is 1.50. The molecule has 1 aromatic carbocycles. The minimum absolute atomic E-state index is 0.564. The number of carboxylic acid groups (broad SMARTS) is 1. The molecular formula is C10H9N3O3. The van der Waals surface area contributed by atoms with E-state index in [1.807, 2.05) is 0 Å². The summed E-state index contributed by atoms with van der Waals surface area (Å²) >= 11 is 0. The first-order valence-corrected chi connectivity index (χ1v) is 4.55. The number of carboxylic acids is 1. The number of nitrogens with two attached hydrogens (primary N) is 1. The molecule has 6 nitrogen and oxygen atoms in total. The zero-order chi connectivity index (χ0) is 11.7. The zero-order valence-corrected chi connectivity index (χ0v) is 8.20. The largest absolute Gasteiger partial charge is 0.479 e. The molecule has 6 heteroatoms. The molecule has 0 saturated carbocycles. The van der Waals surface area contributed by atoms with Crippen molar-refractivity contribution in [2.45, 2.75) is 6.04 Å². The summed E-state index contributed by atoms with van der Waals surface area (Å²) in [5, 5.41) is 8.93. The molecular weight excluding hydrogens is 210 g/mol. The molecule has 0 fully saturated rings. The summed E-state index contributed by atoms with van der Waals surface area (Å²) in [6.45, 7) is 0. The highest BCUT2D eigenvalue weighted by Gasteiger charge is 2.26. The Hall–Kier alpha value is -2.37. The molecule has 2 aromatic rings. The number of rotatable bonds is 3. The van der Waals surface area contributed by atoms with Crippen molar-refractivity contribution < 1.29 is 14.7 Å². The van der Waals surface area contributed by atoms with Gasteiger partial charge in [0.2, 0.25) is 6.04 Å². The van der Waals surface area contributed by atoms with Crippen LogP contribution in [-0.2, 0) is 9.59 Å². The van der Waals surface area contributed by atoms with Crippen molar-refractivity contribution >= 4 is 22.9 Å². The number of carbonyl (C=O) groups excluding carboxylic acids is 1. The first-order valence-electron chi connectivity index (χ1n) is 4.55. The smallest absolute Gasteiger partial charge is 0.336 e. The predicted octanol–water partition coefficient (Wildman–Crippen LogP) is 0.147. The minimum Gasteiger partial charge on any atom is -0.479 e. The standard InChI is InChI=1S/C10H9N3O3/c11-9(14)8(10(15)16)13-5-12-6-3-1-2-4-7(6)13/h1-5,8H,(H2,11,14)(H,15,16). The van der Waals surface area contributed by atoms with Crippen LogP contribution in [0.5, 0.6) is 0 Å². The average Bonchev–Trinajstić information content (AvgIpc) is 2.61. The molecule has 1 amide bonds. The Morgan fingerprint density at radius 1 is 1.38 bits per heavy atom. The third-order valence-corrected chi connectivity index (χ3v) is 2.26. The molecule has 0 spiro atoms. The van der Waals surface area contributed by atoms with Crippen molar-refractivity contribution in [1.29, 1.82) is 0 Å². The van der Waals surface area contributed by atoms with Gasteiger partial charge in [-0.2, -0.15) is 0 Å².